The zero-order valence-electron chi connectivity index (χ0n) is 10.1. The summed E-state index contributed by atoms with van der Waals surface area (Å²) in [7, 11) is 1.78. The first kappa shape index (κ1) is 12.2. The second-order valence-corrected chi connectivity index (χ2v) is 5.34. The second kappa shape index (κ2) is 3.93. The SMILES string of the molecule is CC(=O)C[C@@H]1N[C@@H](C(C)(C)C)N(C)C1=O. The van der Waals surface area contributed by atoms with E-state index in [0.717, 1.165) is 0 Å². The zero-order chi connectivity index (χ0) is 11.8. The molecule has 1 saturated heterocycles. The molecule has 0 bridgehead atoms. The number of ketones is 1. The van der Waals surface area contributed by atoms with Gasteiger partial charge in [0.25, 0.3) is 0 Å². The molecule has 1 aliphatic rings. The van der Waals surface area contributed by atoms with Gasteiger partial charge in [0.05, 0.1) is 12.2 Å². The van der Waals surface area contributed by atoms with Gasteiger partial charge in [-0.25, -0.2) is 0 Å². The Hall–Kier alpha value is -0.900. The van der Waals surface area contributed by atoms with Crippen LogP contribution in [0.25, 0.3) is 0 Å². The smallest absolute Gasteiger partial charge is 0.241 e. The van der Waals surface area contributed by atoms with Crippen LogP contribution in [-0.4, -0.2) is 35.8 Å². The molecule has 2 atom stereocenters. The standard InChI is InChI=1S/C11H20N2O2/c1-7(14)6-8-9(15)13(5)10(12-8)11(2,3)4/h8,10,12H,6H2,1-5H3/t8-,10+/m0/s1. The summed E-state index contributed by atoms with van der Waals surface area (Å²) in [5, 5.41) is 3.22. The molecule has 4 nitrogen and oxygen atoms in total. The third-order valence-corrected chi connectivity index (χ3v) is 2.70. The van der Waals surface area contributed by atoms with Crippen LogP contribution in [0.1, 0.15) is 34.1 Å². The lowest BCUT2D eigenvalue weighted by Gasteiger charge is -2.32. The van der Waals surface area contributed by atoms with E-state index in [0.29, 0.717) is 0 Å². The van der Waals surface area contributed by atoms with Crippen molar-refractivity contribution in [2.75, 3.05) is 7.05 Å². The molecule has 1 rings (SSSR count). The summed E-state index contributed by atoms with van der Waals surface area (Å²) in [5.41, 5.74) is -0.0179. The maximum Gasteiger partial charge on any atom is 0.241 e. The van der Waals surface area contributed by atoms with Gasteiger partial charge in [0, 0.05) is 13.5 Å². The Morgan fingerprint density at radius 1 is 1.47 bits per heavy atom. The topological polar surface area (TPSA) is 49.4 Å². The number of hydrogen-bond donors (Lipinski definition) is 1. The van der Waals surface area contributed by atoms with Gasteiger partial charge < -0.3 is 4.90 Å². The highest BCUT2D eigenvalue weighted by molar-refractivity contribution is 5.89. The molecular formula is C11H20N2O2. The van der Waals surface area contributed by atoms with E-state index in [4.69, 9.17) is 0 Å². The van der Waals surface area contributed by atoms with Crippen molar-refractivity contribution in [1.29, 1.82) is 0 Å². The Morgan fingerprint density at radius 2 is 2.00 bits per heavy atom. The summed E-state index contributed by atoms with van der Waals surface area (Å²) in [6.07, 6.45) is 0.296. The van der Waals surface area contributed by atoms with Gasteiger partial charge in [-0.05, 0) is 12.3 Å². The first-order chi connectivity index (χ1) is 6.73. The van der Waals surface area contributed by atoms with E-state index >= 15 is 0 Å². The first-order valence-corrected chi connectivity index (χ1v) is 5.25. The summed E-state index contributed by atoms with van der Waals surface area (Å²) in [4.78, 5) is 24.5. The summed E-state index contributed by atoms with van der Waals surface area (Å²) in [6.45, 7) is 7.74. The summed E-state index contributed by atoms with van der Waals surface area (Å²) < 4.78 is 0. The van der Waals surface area contributed by atoms with Crippen molar-refractivity contribution in [3.05, 3.63) is 0 Å². The number of Topliss-reactive ketones (excluding diaryl/α,β-unsaturated/α-hetero) is 1. The van der Waals surface area contributed by atoms with E-state index in [-0.39, 0.29) is 35.7 Å². The van der Waals surface area contributed by atoms with Gasteiger partial charge in [-0.3, -0.25) is 14.9 Å². The number of likely N-dealkylation sites (N-methyl/N-ethyl adjacent to an activating group) is 1. The molecule has 4 heteroatoms. The number of amides is 1. The number of carbonyl (C=O) groups is 2. The monoisotopic (exact) mass is 212 g/mol. The van der Waals surface area contributed by atoms with Crippen molar-refractivity contribution in [2.45, 2.75) is 46.3 Å². The molecule has 1 aliphatic heterocycles. The molecule has 1 amide bonds. The molecular weight excluding hydrogens is 192 g/mol. The molecule has 0 aliphatic carbocycles. The van der Waals surface area contributed by atoms with Gasteiger partial charge in [-0.2, -0.15) is 0 Å². The third kappa shape index (κ3) is 2.56. The van der Waals surface area contributed by atoms with Crippen LogP contribution in [0.3, 0.4) is 0 Å². The zero-order valence-corrected chi connectivity index (χ0v) is 10.1. The summed E-state index contributed by atoms with van der Waals surface area (Å²) in [5.74, 6) is 0.0638. The van der Waals surface area contributed by atoms with E-state index in [9.17, 15) is 9.59 Å². The van der Waals surface area contributed by atoms with Crippen LogP contribution in [0.15, 0.2) is 0 Å². The van der Waals surface area contributed by atoms with E-state index in [1.165, 1.54) is 6.92 Å². The Balaban J connectivity index is 2.76. The fraction of sp³-hybridized carbons (Fsp3) is 0.818. The van der Waals surface area contributed by atoms with E-state index in [1.54, 1.807) is 11.9 Å². The van der Waals surface area contributed by atoms with Gasteiger partial charge in [-0.15, -0.1) is 0 Å². The highest BCUT2D eigenvalue weighted by Gasteiger charge is 2.42. The normalized spacial score (nSPS) is 27.3. The lowest BCUT2D eigenvalue weighted by atomic mass is 9.92. The predicted octanol–water partition coefficient (Wildman–Crippen LogP) is 0.768. The number of nitrogens with zero attached hydrogens (tertiary/aromatic N) is 1. The van der Waals surface area contributed by atoms with Crippen molar-refractivity contribution >= 4 is 11.7 Å². The molecule has 1 heterocycles. The molecule has 15 heavy (non-hydrogen) atoms. The van der Waals surface area contributed by atoms with Crippen LogP contribution in [0.5, 0.6) is 0 Å². The Morgan fingerprint density at radius 3 is 2.33 bits per heavy atom. The number of nitrogens with one attached hydrogen (secondary N) is 1. The first-order valence-electron chi connectivity index (χ1n) is 5.25. The van der Waals surface area contributed by atoms with Gasteiger partial charge in [0.1, 0.15) is 5.78 Å². The minimum absolute atomic E-state index is 0.00866. The maximum atomic E-state index is 11.8. The lowest BCUT2D eigenvalue weighted by molar-refractivity contribution is -0.131. The van der Waals surface area contributed by atoms with Crippen LogP contribution in [0.4, 0.5) is 0 Å². The highest BCUT2D eigenvalue weighted by atomic mass is 16.2. The molecule has 0 aromatic rings. The molecule has 0 aromatic carbocycles. The Bertz CT molecular complexity index is 281. The van der Waals surface area contributed by atoms with Crippen LogP contribution in [0, 0.1) is 5.41 Å². The molecule has 0 aromatic heterocycles. The average molecular weight is 212 g/mol. The third-order valence-electron chi connectivity index (χ3n) is 2.70. The number of carbonyl (C=O) groups excluding carboxylic acids is 2. The van der Waals surface area contributed by atoms with Gasteiger partial charge in [0.2, 0.25) is 5.91 Å². The van der Waals surface area contributed by atoms with Crippen LogP contribution in [0.2, 0.25) is 0 Å². The molecule has 0 radical (unpaired) electrons. The van der Waals surface area contributed by atoms with Gasteiger partial charge >= 0.3 is 0 Å². The molecule has 1 fully saturated rings. The number of rotatable bonds is 2. The highest BCUT2D eigenvalue weighted by Crippen LogP contribution is 2.26. The molecule has 0 unspecified atom stereocenters. The van der Waals surface area contributed by atoms with Gasteiger partial charge in [0.15, 0.2) is 0 Å². The largest absolute Gasteiger partial charge is 0.328 e. The number of hydrogen-bond acceptors (Lipinski definition) is 3. The minimum Gasteiger partial charge on any atom is -0.328 e. The summed E-state index contributed by atoms with van der Waals surface area (Å²) >= 11 is 0. The summed E-state index contributed by atoms with van der Waals surface area (Å²) in [6, 6.07) is -0.336. The van der Waals surface area contributed by atoms with Crippen molar-refractivity contribution < 1.29 is 9.59 Å². The Kier molecular flexibility index (Phi) is 3.19. The molecule has 1 N–H and O–H groups in total. The predicted molar refractivity (Wildman–Crippen MR) is 58.2 cm³/mol. The minimum atomic E-state index is -0.336. The molecule has 86 valence electrons. The van der Waals surface area contributed by atoms with Crippen molar-refractivity contribution in [3.63, 3.8) is 0 Å². The van der Waals surface area contributed by atoms with Crippen molar-refractivity contribution in [1.82, 2.24) is 10.2 Å². The van der Waals surface area contributed by atoms with Crippen molar-refractivity contribution in [3.8, 4) is 0 Å². The van der Waals surface area contributed by atoms with E-state index in [1.807, 2.05) is 0 Å². The molecule has 0 saturated carbocycles. The van der Waals surface area contributed by atoms with Gasteiger partial charge in [-0.1, -0.05) is 20.8 Å². The quantitative estimate of drug-likeness (QED) is 0.735. The maximum absolute atomic E-state index is 11.8. The van der Waals surface area contributed by atoms with Crippen LogP contribution >= 0.6 is 0 Å². The lowest BCUT2D eigenvalue weighted by Crippen LogP contribution is -2.45. The second-order valence-electron chi connectivity index (χ2n) is 5.34. The van der Waals surface area contributed by atoms with E-state index in [2.05, 4.69) is 26.1 Å². The fourth-order valence-electron chi connectivity index (χ4n) is 2.01. The average Bonchev–Trinajstić information content (AvgIpc) is 2.30. The van der Waals surface area contributed by atoms with Crippen molar-refractivity contribution in [2.24, 2.45) is 5.41 Å². The van der Waals surface area contributed by atoms with E-state index < -0.39 is 0 Å². The Labute approximate surface area is 91.0 Å². The fourth-order valence-corrected chi connectivity index (χ4v) is 2.01. The van der Waals surface area contributed by atoms with Crippen LogP contribution in [-0.2, 0) is 9.59 Å². The van der Waals surface area contributed by atoms with Crippen LogP contribution < -0.4 is 5.32 Å². The molecule has 0 spiro atoms.